The number of hydrogen-bond donors (Lipinski definition) is 1. The molecule has 0 spiro atoms. The standard InChI is InChI=1S/C11H20O2/c1-4-5-6-7-8-9(10(12)13)11(8,2)3/h8-9H,4-7H2,1-3H3,(H,12,13). The Morgan fingerprint density at radius 2 is 2.00 bits per heavy atom. The molecule has 0 radical (unpaired) electrons. The smallest absolute Gasteiger partial charge is 0.307 e. The molecule has 0 aromatic rings. The molecule has 1 saturated carbocycles. The van der Waals surface area contributed by atoms with Crippen molar-refractivity contribution in [1.82, 2.24) is 0 Å². The van der Waals surface area contributed by atoms with E-state index in [2.05, 4.69) is 20.8 Å². The van der Waals surface area contributed by atoms with Crippen LogP contribution >= 0.6 is 0 Å². The van der Waals surface area contributed by atoms with E-state index in [9.17, 15) is 4.79 Å². The maximum atomic E-state index is 10.8. The second-order valence-electron chi connectivity index (χ2n) is 4.74. The summed E-state index contributed by atoms with van der Waals surface area (Å²) in [7, 11) is 0. The fraction of sp³-hybridized carbons (Fsp3) is 0.909. The first-order valence-electron chi connectivity index (χ1n) is 5.24. The van der Waals surface area contributed by atoms with E-state index in [0.717, 1.165) is 6.42 Å². The number of rotatable bonds is 5. The molecule has 1 aliphatic carbocycles. The van der Waals surface area contributed by atoms with E-state index in [-0.39, 0.29) is 11.3 Å². The molecule has 2 unspecified atom stereocenters. The molecule has 0 aliphatic heterocycles. The van der Waals surface area contributed by atoms with Crippen molar-refractivity contribution < 1.29 is 9.90 Å². The topological polar surface area (TPSA) is 37.3 Å². The van der Waals surface area contributed by atoms with Crippen LogP contribution in [0.4, 0.5) is 0 Å². The van der Waals surface area contributed by atoms with Crippen LogP contribution < -0.4 is 0 Å². The number of unbranched alkanes of at least 4 members (excludes halogenated alkanes) is 2. The van der Waals surface area contributed by atoms with E-state index in [1.165, 1.54) is 19.3 Å². The van der Waals surface area contributed by atoms with Gasteiger partial charge in [-0.2, -0.15) is 0 Å². The molecule has 0 aromatic heterocycles. The monoisotopic (exact) mass is 184 g/mol. The third kappa shape index (κ3) is 2.04. The molecule has 0 aromatic carbocycles. The minimum absolute atomic E-state index is 0.0551. The molecule has 0 heterocycles. The first-order valence-corrected chi connectivity index (χ1v) is 5.24. The average Bonchev–Trinajstić information content (AvgIpc) is 2.54. The Labute approximate surface area is 80.3 Å². The molecule has 2 nitrogen and oxygen atoms in total. The zero-order chi connectivity index (χ0) is 10.1. The lowest BCUT2D eigenvalue weighted by Crippen LogP contribution is -2.03. The van der Waals surface area contributed by atoms with Crippen molar-refractivity contribution in [3.05, 3.63) is 0 Å². The highest BCUT2D eigenvalue weighted by Crippen LogP contribution is 2.60. The summed E-state index contributed by atoms with van der Waals surface area (Å²) in [6, 6.07) is 0. The van der Waals surface area contributed by atoms with Gasteiger partial charge < -0.3 is 5.11 Å². The van der Waals surface area contributed by atoms with Crippen LogP contribution in [0.3, 0.4) is 0 Å². The SMILES string of the molecule is CCCCCC1C(C(=O)O)C1(C)C. The van der Waals surface area contributed by atoms with E-state index in [1.54, 1.807) is 0 Å². The molecule has 0 saturated heterocycles. The molecule has 1 aliphatic rings. The normalized spacial score (nSPS) is 30.1. The van der Waals surface area contributed by atoms with Crippen molar-refractivity contribution in [2.24, 2.45) is 17.3 Å². The summed E-state index contributed by atoms with van der Waals surface area (Å²) in [5.74, 6) is -0.257. The largest absolute Gasteiger partial charge is 0.481 e. The molecule has 1 rings (SSSR count). The molecule has 2 atom stereocenters. The molecule has 1 fully saturated rings. The Balaban J connectivity index is 2.33. The maximum Gasteiger partial charge on any atom is 0.307 e. The van der Waals surface area contributed by atoms with Gasteiger partial charge in [0.05, 0.1) is 5.92 Å². The van der Waals surface area contributed by atoms with Gasteiger partial charge in [0.15, 0.2) is 0 Å². The quantitative estimate of drug-likeness (QED) is 0.667. The molecule has 76 valence electrons. The summed E-state index contributed by atoms with van der Waals surface area (Å²) in [5.41, 5.74) is 0.0551. The lowest BCUT2D eigenvalue weighted by atomic mass is 10.0. The van der Waals surface area contributed by atoms with Crippen LogP contribution in [0.25, 0.3) is 0 Å². The third-order valence-corrected chi connectivity index (χ3v) is 3.44. The first kappa shape index (κ1) is 10.6. The number of carbonyl (C=O) groups is 1. The molecular weight excluding hydrogens is 164 g/mol. The summed E-state index contributed by atoms with van der Waals surface area (Å²) in [6.45, 7) is 6.32. The van der Waals surface area contributed by atoms with Crippen LogP contribution in [0.15, 0.2) is 0 Å². The summed E-state index contributed by atoms with van der Waals surface area (Å²) >= 11 is 0. The Bertz CT molecular complexity index is 196. The third-order valence-electron chi connectivity index (χ3n) is 3.44. The van der Waals surface area contributed by atoms with E-state index in [0.29, 0.717) is 5.92 Å². The number of hydrogen-bond acceptors (Lipinski definition) is 1. The fourth-order valence-electron chi connectivity index (χ4n) is 2.39. The van der Waals surface area contributed by atoms with Gasteiger partial charge in [0, 0.05) is 0 Å². The van der Waals surface area contributed by atoms with Crippen molar-refractivity contribution in [2.75, 3.05) is 0 Å². The number of aliphatic carboxylic acids is 1. The average molecular weight is 184 g/mol. The lowest BCUT2D eigenvalue weighted by molar-refractivity contribution is -0.139. The Hall–Kier alpha value is -0.530. The Morgan fingerprint density at radius 1 is 1.38 bits per heavy atom. The van der Waals surface area contributed by atoms with Gasteiger partial charge in [0.25, 0.3) is 0 Å². The molecular formula is C11H20O2. The van der Waals surface area contributed by atoms with Gasteiger partial charge in [-0.05, 0) is 17.8 Å². The summed E-state index contributed by atoms with van der Waals surface area (Å²) in [5, 5.41) is 8.92. The minimum Gasteiger partial charge on any atom is -0.481 e. The predicted molar refractivity (Wildman–Crippen MR) is 52.5 cm³/mol. The lowest BCUT2D eigenvalue weighted by Gasteiger charge is -2.00. The maximum absolute atomic E-state index is 10.8. The molecule has 0 bridgehead atoms. The highest BCUT2D eigenvalue weighted by molar-refractivity contribution is 5.75. The molecule has 0 amide bonds. The van der Waals surface area contributed by atoms with Crippen molar-refractivity contribution in [3.8, 4) is 0 Å². The second-order valence-corrected chi connectivity index (χ2v) is 4.74. The first-order chi connectivity index (χ1) is 6.01. The van der Waals surface area contributed by atoms with E-state index in [1.807, 2.05) is 0 Å². The zero-order valence-corrected chi connectivity index (χ0v) is 8.84. The van der Waals surface area contributed by atoms with Crippen LogP contribution in [-0.2, 0) is 4.79 Å². The summed E-state index contributed by atoms with van der Waals surface area (Å²) in [6.07, 6.45) is 4.73. The van der Waals surface area contributed by atoms with Crippen LogP contribution in [0, 0.1) is 17.3 Å². The van der Waals surface area contributed by atoms with E-state index < -0.39 is 5.97 Å². The van der Waals surface area contributed by atoms with Crippen LogP contribution in [0.5, 0.6) is 0 Å². The van der Waals surface area contributed by atoms with Gasteiger partial charge in [-0.1, -0.05) is 40.0 Å². The van der Waals surface area contributed by atoms with Crippen molar-refractivity contribution in [3.63, 3.8) is 0 Å². The van der Waals surface area contributed by atoms with Crippen LogP contribution in [-0.4, -0.2) is 11.1 Å². The fourth-order valence-corrected chi connectivity index (χ4v) is 2.39. The van der Waals surface area contributed by atoms with Crippen LogP contribution in [0.2, 0.25) is 0 Å². The van der Waals surface area contributed by atoms with Gasteiger partial charge in [-0.15, -0.1) is 0 Å². The summed E-state index contributed by atoms with van der Waals surface area (Å²) in [4.78, 5) is 10.8. The van der Waals surface area contributed by atoms with Crippen molar-refractivity contribution in [2.45, 2.75) is 46.5 Å². The number of carboxylic acids is 1. The van der Waals surface area contributed by atoms with Crippen molar-refractivity contribution >= 4 is 5.97 Å². The number of carboxylic acid groups (broad SMARTS) is 1. The predicted octanol–water partition coefficient (Wildman–Crippen LogP) is 2.92. The highest BCUT2D eigenvalue weighted by Gasteiger charge is 2.61. The van der Waals surface area contributed by atoms with E-state index >= 15 is 0 Å². The summed E-state index contributed by atoms with van der Waals surface area (Å²) < 4.78 is 0. The Morgan fingerprint density at radius 3 is 2.38 bits per heavy atom. The van der Waals surface area contributed by atoms with Crippen LogP contribution in [0.1, 0.15) is 46.5 Å². The zero-order valence-electron chi connectivity index (χ0n) is 8.84. The van der Waals surface area contributed by atoms with Gasteiger partial charge in [-0.3, -0.25) is 4.79 Å². The van der Waals surface area contributed by atoms with Gasteiger partial charge in [0.2, 0.25) is 0 Å². The second kappa shape index (κ2) is 3.69. The van der Waals surface area contributed by atoms with E-state index in [4.69, 9.17) is 5.11 Å². The molecule has 13 heavy (non-hydrogen) atoms. The highest BCUT2D eigenvalue weighted by atomic mass is 16.4. The van der Waals surface area contributed by atoms with Gasteiger partial charge in [0.1, 0.15) is 0 Å². The van der Waals surface area contributed by atoms with Gasteiger partial charge >= 0.3 is 5.97 Å². The van der Waals surface area contributed by atoms with Crippen molar-refractivity contribution in [1.29, 1.82) is 0 Å². The Kier molecular flexibility index (Phi) is 2.99. The van der Waals surface area contributed by atoms with Gasteiger partial charge in [-0.25, -0.2) is 0 Å². The molecule has 1 N–H and O–H groups in total. The minimum atomic E-state index is -0.605. The molecule has 2 heteroatoms.